The summed E-state index contributed by atoms with van der Waals surface area (Å²) in [6.07, 6.45) is 8.49. The highest BCUT2D eigenvalue weighted by Gasteiger charge is 2.29. The van der Waals surface area contributed by atoms with E-state index in [2.05, 4.69) is 15.6 Å². The van der Waals surface area contributed by atoms with E-state index in [1.54, 1.807) is 6.20 Å². The number of pyridine rings is 1. The smallest absolute Gasteiger partial charge is 0.253 e. The van der Waals surface area contributed by atoms with Crippen LogP contribution >= 0.6 is 0 Å². The van der Waals surface area contributed by atoms with Gasteiger partial charge >= 0.3 is 0 Å². The van der Waals surface area contributed by atoms with E-state index < -0.39 is 11.6 Å². The molecule has 1 heterocycles. The molecule has 1 aromatic carbocycles. The van der Waals surface area contributed by atoms with Crippen LogP contribution in [0.4, 0.5) is 20.3 Å². The van der Waals surface area contributed by atoms with Crippen LogP contribution in [0.1, 0.15) is 60.4 Å². The molecule has 2 aromatic rings. The zero-order chi connectivity index (χ0) is 18.8. The Hall–Kier alpha value is -2.50. The molecule has 2 fully saturated rings. The third kappa shape index (κ3) is 4.26. The average Bonchev–Trinajstić information content (AvgIpc) is 3.38. The van der Waals surface area contributed by atoms with Crippen LogP contribution < -0.4 is 10.6 Å². The lowest BCUT2D eigenvalue weighted by atomic mass is 10.0. The summed E-state index contributed by atoms with van der Waals surface area (Å²) in [6, 6.07) is 5.17. The molecule has 142 valence electrons. The zero-order valence-corrected chi connectivity index (χ0v) is 15.1. The van der Waals surface area contributed by atoms with Gasteiger partial charge in [0, 0.05) is 18.8 Å². The molecule has 0 bridgehead atoms. The summed E-state index contributed by atoms with van der Waals surface area (Å²) >= 11 is 0. The number of nitrogens with zero attached hydrogens (tertiary/aromatic N) is 1. The molecule has 2 aliphatic rings. The van der Waals surface area contributed by atoms with Crippen LogP contribution in [0.2, 0.25) is 0 Å². The molecule has 4 nitrogen and oxygen atoms in total. The van der Waals surface area contributed by atoms with Crippen molar-refractivity contribution in [3.8, 4) is 0 Å². The maximum atomic E-state index is 13.9. The minimum absolute atomic E-state index is 0.0872. The molecule has 1 amide bonds. The van der Waals surface area contributed by atoms with Gasteiger partial charge in [-0.15, -0.1) is 0 Å². The summed E-state index contributed by atoms with van der Waals surface area (Å²) in [5.41, 5.74) is 1.70. The number of amides is 1. The first kappa shape index (κ1) is 17.9. The number of hydrogen-bond donors (Lipinski definition) is 2. The molecule has 2 aliphatic carbocycles. The molecule has 0 aliphatic heterocycles. The topological polar surface area (TPSA) is 54.0 Å². The SMILES string of the molecule is O=C(NCC1CCCC1)c1cnc(Nc2ccc(F)cc2F)cc1C1CC1. The van der Waals surface area contributed by atoms with Gasteiger partial charge in [0.25, 0.3) is 5.91 Å². The van der Waals surface area contributed by atoms with Crippen LogP contribution in [-0.4, -0.2) is 17.4 Å². The van der Waals surface area contributed by atoms with E-state index in [1.165, 1.54) is 37.8 Å². The van der Waals surface area contributed by atoms with Crippen molar-refractivity contribution in [1.82, 2.24) is 10.3 Å². The van der Waals surface area contributed by atoms with Gasteiger partial charge in [-0.1, -0.05) is 12.8 Å². The molecular weight excluding hydrogens is 348 g/mol. The highest BCUT2D eigenvalue weighted by molar-refractivity contribution is 5.96. The fraction of sp³-hybridized carbons (Fsp3) is 0.429. The van der Waals surface area contributed by atoms with E-state index in [-0.39, 0.29) is 11.6 Å². The Morgan fingerprint density at radius 1 is 1.11 bits per heavy atom. The van der Waals surface area contributed by atoms with E-state index >= 15 is 0 Å². The number of aromatic nitrogens is 1. The van der Waals surface area contributed by atoms with Gasteiger partial charge in [-0.3, -0.25) is 4.79 Å². The maximum absolute atomic E-state index is 13.9. The predicted molar refractivity (Wildman–Crippen MR) is 100 cm³/mol. The van der Waals surface area contributed by atoms with Gasteiger partial charge in [0.1, 0.15) is 17.5 Å². The Morgan fingerprint density at radius 2 is 1.89 bits per heavy atom. The first-order chi connectivity index (χ1) is 13.1. The van der Waals surface area contributed by atoms with Crippen molar-refractivity contribution in [2.24, 2.45) is 5.92 Å². The maximum Gasteiger partial charge on any atom is 0.253 e. The van der Waals surface area contributed by atoms with Crippen molar-refractivity contribution >= 4 is 17.4 Å². The van der Waals surface area contributed by atoms with Crippen molar-refractivity contribution < 1.29 is 13.6 Å². The highest BCUT2D eigenvalue weighted by atomic mass is 19.1. The molecule has 0 unspecified atom stereocenters. The third-order valence-corrected chi connectivity index (χ3v) is 5.42. The Labute approximate surface area is 157 Å². The van der Waals surface area contributed by atoms with Gasteiger partial charge in [-0.2, -0.15) is 0 Å². The van der Waals surface area contributed by atoms with Crippen LogP contribution in [0.25, 0.3) is 0 Å². The molecule has 0 saturated heterocycles. The predicted octanol–water partition coefficient (Wildman–Crippen LogP) is 4.90. The zero-order valence-electron chi connectivity index (χ0n) is 15.1. The van der Waals surface area contributed by atoms with Gasteiger partial charge in [-0.05, 0) is 61.3 Å². The summed E-state index contributed by atoms with van der Waals surface area (Å²) in [5.74, 6) is -0.0137. The summed E-state index contributed by atoms with van der Waals surface area (Å²) in [6.45, 7) is 0.712. The largest absolute Gasteiger partial charge is 0.352 e. The Bertz CT molecular complexity index is 845. The quantitative estimate of drug-likeness (QED) is 0.759. The first-order valence-corrected chi connectivity index (χ1v) is 9.60. The van der Waals surface area contributed by atoms with Gasteiger partial charge < -0.3 is 10.6 Å². The van der Waals surface area contributed by atoms with Crippen LogP contribution in [0.5, 0.6) is 0 Å². The molecule has 0 spiro atoms. The number of benzene rings is 1. The standard InChI is InChI=1S/C21H23F2N3O/c22-15-7-8-19(18(23)9-15)26-20-10-16(14-5-6-14)17(12-24-20)21(27)25-11-13-3-1-2-4-13/h7-10,12-14H,1-6,11H2,(H,24,26)(H,25,27). The molecule has 0 radical (unpaired) electrons. The van der Waals surface area contributed by atoms with Crippen molar-refractivity contribution in [3.05, 3.63) is 53.2 Å². The fourth-order valence-electron chi connectivity index (χ4n) is 3.74. The Balaban J connectivity index is 1.50. The number of halogens is 2. The molecule has 2 saturated carbocycles. The Kier molecular flexibility index (Phi) is 5.05. The van der Waals surface area contributed by atoms with Gasteiger partial charge in [0.15, 0.2) is 0 Å². The molecule has 27 heavy (non-hydrogen) atoms. The second-order valence-corrected chi connectivity index (χ2v) is 7.54. The van der Waals surface area contributed by atoms with Crippen LogP contribution in [-0.2, 0) is 0 Å². The lowest BCUT2D eigenvalue weighted by Gasteiger charge is -2.14. The molecule has 1 aromatic heterocycles. The summed E-state index contributed by atoms with van der Waals surface area (Å²) < 4.78 is 26.9. The van der Waals surface area contributed by atoms with Gasteiger partial charge in [0.2, 0.25) is 0 Å². The van der Waals surface area contributed by atoms with Crippen LogP contribution in [0, 0.1) is 17.6 Å². The number of anilines is 2. The lowest BCUT2D eigenvalue weighted by Crippen LogP contribution is -2.29. The highest BCUT2D eigenvalue weighted by Crippen LogP contribution is 2.42. The van der Waals surface area contributed by atoms with Crippen molar-refractivity contribution in [1.29, 1.82) is 0 Å². The second-order valence-electron chi connectivity index (χ2n) is 7.54. The minimum Gasteiger partial charge on any atom is -0.352 e. The Morgan fingerprint density at radius 3 is 2.59 bits per heavy atom. The number of rotatable bonds is 6. The number of nitrogens with one attached hydrogen (secondary N) is 2. The third-order valence-electron chi connectivity index (χ3n) is 5.42. The molecular formula is C21H23F2N3O. The number of hydrogen-bond acceptors (Lipinski definition) is 3. The summed E-state index contributed by atoms with van der Waals surface area (Å²) in [4.78, 5) is 16.9. The minimum atomic E-state index is -0.678. The van der Waals surface area contributed by atoms with E-state index in [4.69, 9.17) is 0 Å². The number of carbonyl (C=O) groups is 1. The van der Waals surface area contributed by atoms with E-state index in [0.717, 1.165) is 24.5 Å². The fourth-order valence-corrected chi connectivity index (χ4v) is 3.74. The van der Waals surface area contributed by atoms with Crippen LogP contribution in [0.3, 0.4) is 0 Å². The first-order valence-electron chi connectivity index (χ1n) is 9.60. The van der Waals surface area contributed by atoms with Gasteiger partial charge in [-0.25, -0.2) is 13.8 Å². The summed E-state index contributed by atoms with van der Waals surface area (Å²) in [5, 5.41) is 5.93. The van der Waals surface area contributed by atoms with E-state index in [1.807, 2.05) is 6.07 Å². The molecule has 6 heteroatoms. The monoisotopic (exact) mass is 371 g/mol. The van der Waals surface area contributed by atoms with Crippen molar-refractivity contribution in [3.63, 3.8) is 0 Å². The van der Waals surface area contributed by atoms with E-state index in [9.17, 15) is 13.6 Å². The normalized spacial score (nSPS) is 17.1. The molecule has 2 N–H and O–H groups in total. The van der Waals surface area contributed by atoms with E-state index in [0.29, 0.717) is 29.8 Å². The molecule has 0 atom stereocenters. The number of carbonyl (C=O) groups excluding carboxylic acids is 1. The summed E-state index contributed by atoms with van der Waals surface area (Å²) in [7, 11) is 0. The van der Waals surface area contributed by atoms with Crippen LogP contribution in [0.15, 0.2) is 30.5 Å². The molecule has 4 rings (SSSR count). The average molecular weight is 371 g/mol. The second kappa shape index (κ2) is 7.62. The van der Waals surface area contributed by atoms with Crippen molar-refractivity contribution in [2.75, 3.05) is 11.9 Å². The van der Waals surface area contributed by atoms with Gasteiger partial charge in [0.05, 0.1) is 11.3 Å². The van der Waals surface area contributed by atoms with Crippen molar-refractivity contribution in [2.45, 2.75) is 44.4 Å². The lowest BCUT2D eigenvalue weighted by molar-refractivity contribution is 0.0946.